The maximum absolute atomic E-state index is 13.3. The minimum Gasteiger partial charge on any atom is -0.324 e. The molecule has 0 radical (unpaired) electrons. The smallest absolute Gasteiger partial charge is 0.324 e. The average Bonchev–Trinajstić information content (AvgIpc) is 2.64. The number of anilines is 1. The van der Waals surface area contributed by atoms with E-state index >= 15 is 0 Å². The molecule has 0 unspecified atom stereocenters. The van der Waals surface area contributed by atoms with E-state index in [2.05, 4.69) is 10.4 Å². The van der Waals surface area contributed by atoms with E-state index < -0.39 is 29.8 Å². The number of hydrogen-bond donors (Lipinski definition) is 1. The van der Waals surface area contributed by atoms with Crippen LogP contribution >= 0.6 is 0 Å². The van der Waals surface area contributed by atoms with Crippen molar-refractivity contribution in [3.8, 4) is 11.3 Å². The number of carbonyl (C=O) groups excluding carboxylic acids is 1. The highest BCUT2D eigenvalue weighted by molar-refractivity contribution is 5.90. The third-order valence-electron chi connectivity index (χ3n) is 3.70. The van der Waals surface area contributed by atoms with Crippen molar-refractivity contribution in [2.24, 2.45) is 0 Å². The number of carbonyl (C=O) groups is 1. The Morgan fingerprint density at radius 1 is 1.00 bits per heavy atom. The number of hydrogen-bond acceptors (Lipinski definition) is 3. The molecule has 1 amide bonds. The van der Waals surface area contributed by atoms with Crippen molar-refractivity contribution in [2.75, 3.05) is 5.32 Å². The zero-order valence-corrected chi connectivity index (χ0v) is 13.9. The van der Waals surface area contributed by atoms with E-state index in [4.69, 9.17) is 0 Å². The molecule has 138 valence electrons. The number of para-hydroxylation sites is 1. The Morgan fingerprint density at radius 3 is 2.19 bits per heavy atom. The van der Waals surface area contributed by atoms with Gasteiger partial charge < -0.3 is 5.32 Å². The Labute approximate surface area is 152 Å². The Morgan fingerprint density at radius 2 is 1.59 bits per heavy atom. The number of nitrogens with one attached hydrogen (secondary N) is 1. The summed E-state index contributed by atoms with van der Waals surface area (Å²) in [5, 5.41) is 6.46. The number of nitrogens with zero attached hydrogens (tertiary/aromatic N) is 2. The van der Waals surface area contributed by atoms with Gasteiger partial charge in [0.05, 0.1) is 5.69 Å². The van der Waals surface area contributed by atoms with Crippen LogP contribution in [0.2, 0.25) is 0 Å². The van der Waals surface area contributed by atoms with E-state index in [1.165, 1.54) is 0 Å². The van der Waals surface area contributed by atoms with Crippen molar-refractivity contribution >= 4 is 11.6 Å². The molecule has 1 aromatic heterocycles. The van der Waals surface area contributed by atoms with Gasteiger partial charge in [-0.15, -0.1) is 0 Å². The molecule has 0 fully saturated rings. The van der Waals surface area contributed by atoms with Crippen LogP contribution < -0.4 is 10.9 Å². The standard InChI is InChI=1S/C19H14F3N3O2/c20-19(21,22)15-11-16(13-7-3-1-4-8-13)24-25(18(15)27)12-17(26)23-14-9-5-2-6-10-14/h1-11H,12H2,(H,23,26). The van der Waals surface area contributed by atoms with Crippen LogP contribution in [0.15, 0.2) is 71.5 Å². The van der Waals surface area contributed by atoms with Crippen molar-refractivity contribution in [1.82, 2.24) is 9.78 Å². The Hall–Kier alpha value is -3.42. The molecule has 3 aromatic rings. The topological polar surface area (TPSA) is 64.0 Å². The van der Waals surface area contributed by atoms with E-state index in [-0.39, 0.29) is 5.69 Å². The Kier molecular flexibility index (Phi) is 5.07. The zero-order chi connectivity index (χ0) is 19.4. The predicted molar refractivity (Wildman–Crippen MR) is 94.0 cm³/mol. The molecule has 0 saturated heterocycles. The first kappa shape index (κ1) is 18.4. The van der Waals surface area contributed by atoms with Gasteiger partial charge in [0.25, 0.3) is 5.56 Å². The second-order valence-electron chi connectivity index (χ2n) is 5.68. The molecule has 27 heavy (non-hydrogen) atoms. The highest BCUT2D eigenvalue weighted by Gasteiger charge is 2.35. The summed E-state index contributed by atoms with van der Waals surface area (Å²) in [5.74, 6) is -0.658. The number of rotatable bonds is 4. The summed E-state index contributed by atoms with van der Waals surface area (Å²) in [7, 11) is 0. The molecule has 0 aliphatic rings. The van der Waals surface area contributed by atoms with E-state index in [0.29, 0.717) is 22.0 Å². The molecule has 0 spiro atoms. The SMILES string of the molecule is O=C(Cn1nc(-c2ccccc2)cc(C(F)(F)F)c1=O)Nc1ccccc1. The minimum atomic E-state index is -4.86. The lowest BCUT2D eigenvalue weighted by Crippen LogP contribution is -2.34. The highest BCUT2D eigenvalue weighted by atomic mass is 19.4. The molecule has 1 N–H and O–H groups in total. The van der Waals surface area contributed by atoms with Crippen molar-refractivity contribution in [1.29, 1.82) is 0 Å². The van der Waals surface area contributed by atoms with Crippen LogP contribution in [0, 0.1) is 0 Å². The summed E-state index contributed by atoms with van der Waals surface area (Å²) in [4.78, 5) is 24.3. The number of halogens is 3. The van der Waals surface area contributed by atoms with Gasteiger partial charge in [-0.05, 0) is 18.2 Å². The molecule has 0 bridgehead atoms. The van der Waals surface area contributed by atoms with Crippen molar-refractivity contribution < 1.29 is 18.0 Å². The minimum absolute atomic E-state index is 0.0463. The number of alkyl halides is 3. The van der Waals surface area contributed by atoms with Gasteiger partial charge in [-0.2, -0.15) is 18.3 Å². The molecule has 2 aromatic carbocycles. The summed E-state index contributed by atoms with van der Waals surface area (Å²) in [6, 6.07) is 17.2. The lowest BCUT2D eigenvalue weighted by molar-refractivity contribution is -0.139. The quantitative estimate of drug-likeness (QED) is 0.761. The second-order valence-corrected chi connectivity index (χ2v) is 5.68. The average molecular weight is 373 g/mol. The van der Waals surface area contributed by atoms with Gasteiger partial charge in [-0.1, -0.05) is 48.5 Å². The maximum Gasteiger partial charge on any atom is 0.421 e. The third-order valence-corrected chi connectivity index (χ3v) is 3.70. The molecule has 8 heteroatoms. The molecule has 3 rings (SSSR count). The first-order valence-electron chi connectivity index (χ1n) is 7.94. The van der Waals surface area contributed by atoms with Crippen LogP contribution in [-0.2, 0) is 17.5 Å². The van der Waals surface area contributed by atoms with Crippen LogP contribution in [0.3, 0.4) is 0 Å². The van der Waals surface area contributed by atoms with Crippen LogP contribution in [0.5, 0.6) is 0 Å². The van der Waals surface area contributed by atoms with Crippen LogP contribution in [-0.4, -0.2) is 15.7 Å². The Bertz CT molecular complexity index is 1000. The molecule has 0 saturated carbocycles. The zero-order valence-electron chi connectivity index (χ0n) is 13.9. The van der Waals surface area contributed by atoms with Crippen LogP contribution in [0.25, 0.3) is 11.3 Å². The molecule has 0 aliphatic heterocycles. The van der Waals surface area contributed by atoms with Gasteiger partial charge in [-0.25, -0.2) is 4.68 Å². The van der Waals surface area contributed by atoms with E-state index in [0.717, 1.165) is 0 Å². The van der Waals surface area contributed by atoms with Crippen molar-refractivity contribution in [2.45, 2.75) is 12.7 Å². The normalized spacial score (nSPS) is 11.2. The first-order chi connectivity index (χ1) is 12.8. The van der Waals surface area contributed by atoms with Crippen LogP contribution in [0.1, 0.15) is 5.56 Å². The highest BCUT2D eigenvalue weighted by Crippen LogP contribution is 2.28. The van der Waals surface area contributed by atoms with Gasteiger partial charge in [0.2, 0.25) is 5.91 Å². The fraction of sp³-hybridized carbons (Fsp3) is 0.105. The van der Waals surface area contributed by atoms with Crippen LogP contribution in [0.4, 0.5) is 18.9 Å². The molecule has 0 atom stereocenters. The van der Waals surface area contributed by atoms with Gasteiger partial charge >= 0.3 is 6.18 Å². The fourth-order valence-corrected chi connectivity index (χ4v) is 2.46. The molecule has 5 nitrogen and oxygen atoms in total. The van der Waals surface area contributed by atoms with Gasteiger partial charge in [-0.3, -0.25) is 9.59 Å². The monoisotopic (exact) mass is 373 g/mol. The molecular formula is C19H14F3N3O2. The van der Waals surface area contributed by atoms with Crippen molar-refractivity contribution in [3.63, 3.8) is 0 Å². The first-order valence-corrected chi connectivity index (χ1v) is 7.94. The van der Waals surface area contributed by atoms with E-state index in [1.54, 1.807) is 60.7 Å². The second kappa shape index (κ2) is 7.45. The fourth-order valence-electron chi connectivity index (χ4n) is 2.46. The van der Waals surface area contributed by atoms with Gasteiger partial charge in [0.15, 0.2) is 0 Å². The molecule has 0 aliphatic carbocycles. The lowest BCUT2D eigenvalue weighted by atomic mass is 10.1. The molecule has 1 heterocycles. The van der Waals surface area contributed by atoms with Gasteiger partial charge in [0, 0.05) is 11.3 Å². The Balaban J connectivity index is 1.98. The summed E-state index contributed by atoms with van der Waals surface area (Å²) < 4.78 is 40.3. The van der Waals surface area contributed by atoms with Crippen molar-refractivity contribution in [3.05, 3.63) is 82.6 Å². The maximum atomic E-state index is 13.3. The van der Waals surface area contributed by atoms with E-state index in [9.17, 15) is 22.8 Å². The summed E-state index contributed by atoms with van der Waals surface area (Å²) in [6.45, 7) is -0.641. The molecular weight excluding hydrogens is 359 g/mol. The number of aromatic nitrogens is 2. The third kappa shape index (κ3) is 4.41. The van der Waals surface area contributed by atoms with E-state index in [1.807, 2.05) is 0 Å². The predicted octanol–water partition coefficient (Wildman–Crippen LogP) is 3.57. The van der Waals surface area contributed by atoms with Gasteiger partial charge in [0.1, 0.15) is 12.1 Å². The lowest BCUT2D eigenvalue weighted by Gasteiger charge is -2.13. The summed E-state index contributed by atoms with van der Waals surface area (Å²) >= 11 is 0. The summed E-state index contributed by atoms with van der Waals surface area (Å²) in [5.41, 5.74) is -1.92. The number of amides is 1. The summed E-state index contributed by atoms with van der Waals surface area (Å²) in [6.07, 6.45) is -4.86. The largest absolute Gasteiger partial charge is 0.421 e. The number of benzene rings is 2.